The Bertz CT molecular complexity index is 521. The van der Waals surface area contributed by atoms with E-state index in [4.69, 9.17) is 16.3 Å². The highest BCUT2D eigenvalue weighted by Gasteiger charge is 2.32. The monoisotopic (exact) mass is 282 g/mol. The Kier molecular flexibility index (Phi) is 3.09. The van der Waals surface area contributed by atoms with Crippen LogP contribution >= 0.6 is 23.4 Å². The van der Waals surface area contributed by atoms with Gasteiger partial charge in [-0.05, 0) is 23.6 Å². The van der Waals surface area contributed by atoms with Crippen molar-refractivity contribution in [1.82, 2.24) is 0 Å². The predicted molar refractivity (Wildman–Crippen MR) is 73.4 cm³/mol. The maximum absolute atomic E-state index is 11.7. The van der Waals surface area contributed by atoms with Gasteiger partial charge in [-0.3, -0.25) is 4.90 Å². The molecule has 2 aliphatic rings. The summed E-state index contributed by atoms with van der Waals surface area (Å²) in [7, 11) is 0. The Morgan fingerprint density at radius 2 is 2.44 bits per heavy atom. The van der Waals surface area contributed by atoms with Gasteiger partial charge in [-0.25, -0.2) is 4.79 Å². The molecule has 2 aliphatic heterocycles. The number of carbonyl (C=O) groups excluding carboxylic acids is 1. The van der Waals surface area contributed by atoms with Gasteiger partial charge in [0.2, 0.25) is 0 Å². The first-order valence-corrected chi connectivity index (χ1v) is 6.96. The Morgan fingerprint density at radius 3 is 3.22 bits per heavy atom. The quantitative estimate of drug-likeness (QED) is 0.846. The van der Waals surface area contributed by atoms with Gasteiger partial charge in [0, 0.05) is 16.8 Å². The number of cyclic esters (lactones) is 1. The summed E-state index contributed by atoms with van der Waals surface area (Å²) in [6.07, 6.45) is 1.32. The van der Waals surface area contributed by atoms with Gasteiger partial charge in [0.05, 0.1) is 18.1 Å². The lowest BCUT2D eigenvalue weighted by molar-refractivity contribution is 0.151. The molecule has 3 rings (SSSR count). The molecule has 6 heteroatoms. The van der Waals surface area contributed by atoms with Crippen LogP contribution in [0.5, 0.6) is 0 Å². The Hall–Kier alpha value is -1.33. The van der Waals surface area contributed by atoms with Gasteiger partial charge >= 0.3 is 6.09 Å². The highest BCUT2D eigenvalue weighted by Crippen LogP contribution is 2.35. The molecule has 0 spiro atoms. The van der Waals surface area contributed by atoms with Crippen LogP contribution in [-0.4, -0.2) is 24.6 Å². The number of hydrogen-bond acceptors (Lipinski definition) is 4. The molecule has 0 aliphatic carbocycles. The van der Waals surface area contributed by atoms with Crippen molar-refractivity contribution in [2.75, 3.05) is 22.6 Å². The topological polar surface area (TPSA) is 41.6 Å². The molecule has 1 aromatic rings. The van der Waals surface area contributed by atoms with Crippen molar-refractivity contribution >= 4 is 40.8 Å². The first-order chi connectivity index (χ1) is 8.78. The Morgan fingerprint density at radius 1 is 1.56 bits per heavy atom. The standard InChI is InChI=1S/C12H11ClN2O2S/c13-6-9-7-15(12(16)17-9)8-1-2-11-10(5-8)14-3-4-18-11/h1-5,9,14H,6-7H2/t9-/m1/s1. The van der Waals surface area contributed by atoms with Crippen molar-refractivity contribution in [2.24, 2.45) is 0 Å². The van der Waals surface area contributed by atoms with E-state index in [9.17, 15) is 4.79 Å². The summed E-state index contributed by atoms with van der Waals surface area (Å²) in [6, 6.07) is 5.86. The van der Waals surface area contributed by atoms with Gasteiger partial charge in [-0.2, -0.15) is 0 Å². The molecule has 1 aromatic carbocycles. The average molecular weight is 283 g/mol. The Labute approximate surface area is 114 Å². The summed E-state index contributed by atoms with van der Waals surface area (Å²) < 4.78 is 5.14. The number of nitrogens with zero attached hydrogens (tertiary/aromatic N) is 1. The number of hydrogen-bond donors (Lipinski definition) is 1. The Balaban J connectivity index is 1.87. The molecule has 94 valence electrons. The van der Waals surface area contributed by atoms with Gasteiger partial charge < -0.3 is 10.1 Å². The summed E-state index contributed by atoms with van der Waals surface area (Å²) in [5, 5.41) is 5.14. The molecular formula is C12H11ClN2O2S. The highest BCUT2D eigenvalue weighted by atomic mass is 35.5. The second-order valence-corrected chi connectivity index (χ2v) is 5.27. The number of carbonyl (C=O) groups is 1. The molecule has 1 fully saturated rings. The molecule has 0 radical (unpaired) electrons. The van der Waals surface area contributed by atoms with Crippen LogP contribution in [0.1, 0.15) is 0 Å². The number of thioether (sulfide) groups is 1. The van der Waals surface area contributed by atoms with Crippen LogP contribution in [0, 0.1) is 0 Å². The molecule has 1 atom stereocenters. The maximum Gasteiger partial charge on any atom is 0.414 e. The number of amides is 1. The van der Waals surface area contributed by atoms with Crippen LogP contribution in [0.2, 0.25) is 0 Å². The van der Waals surface area contributed by atoms with E-state index in [2.05, 4.69) is 5.32 Å². The number of fused-ring (bicyclic) bond motifs is 1. The molecule has 1 amide bonds. The van der Waals surface area contributed by atoms with Crippen molar-refractivity contribution in [1.29, 1.82) is 0 Å². The minimum atomic E-state index is -0.334. The zero-order chi connectivity index (χ0) is 12.5. The average Bonchev–Trinajstić information content (AvgIpc) is 2.79. The first-order valence-electron chi connectivity index (χ1n) is 5.54. The van der Waals surface area contributed by atoms with Crippen LogP contribution in [0.4, 0.5) is 16.2 Å². The van der Waals surface area contributed by atoms with Crippen LogP contribution in [0.15, 0.2) is 34.7 Å². The largest absolute Gasteiger partial charge is 0.443 e. The smallest absolute Gasteiger partial charge is 0.414 e. The second kappa shape index (κ2) is 4.74. The maximum atomic E-state index is 11.7. The molecule has 0 saturated carbocycles. The van der Waals surface area contributed by atoms with Crippen LogP contribution in [-0.2, 0) is 4.74 Å². The third kappa shape index (κ3) is 2.04. The summed E-state index contributed by atoms with van der Waals surface area (Å²) in [6.45, 7) is 0.504. The van der Waals surface area contributed by atoms with E-state index < -0.39 is 0 Å². The molecule has 4 nitrogen and oxygen atoms in total. The molecule has 0 bridgehead atoms. The van der Waals surface area contributed by atoms with Gasteiger partial charge in [0.15, 0.2) is 0 Å². The van der Waals surface area contributed by atoms with Crippen molar-refractivity contribution in [3.63, 3.8) is 0 Å². The zero-order valence-corrected chi connectivity index (χ0v) is 11.0. The lowest BCUT2D eigenvalue weighted by atomic mass is 10.2. The van der Waals surface area contributed by atoms with E-state index in [1.165, 1.54) is 0 Å². The molecule has 1 saturated heterocycles. The minimum absolute atomic E-state index is 0.225. The van der Waals surface area contributed by atoms with Crippen molar-refractivity contribution in [3.05, 3.63) is 29.8 Å². The van der Waals surface area contributed by atoms with E-state index in [1.807, 2.05) is 29.8 Å². The van der Waals surface area contributed by atoms with E-state index in [1.54, 1.807) is 16.7 Å². The van der Waals surface area contributed by atoms with E-state index in [0.717, 1.165) is 16.3 Å². The molecule has 2 heterocycles. The zero-order valence-electron chi connectivity index (χ0n) is 9.43. The van der Waals surface area contributed by atoms with Crippen molar-refractivity contribution < 1.29 is 9.53 Å². The predicted octanol–water partition coefficient (Wildman–Crippen LogP) is 3.24. The lowest BCUT2D eigenvalue weighted by Crippen LogP contribution is -2.24. The molecule has 1 N–H and O–H groups in total. The normalized spacial score (nSPS) is 21.5. The van der Waals surface area contributed by atoms with Gasteiger partial charge in [0.25, 0.3) is 0 Å². The first kappa shape index (κ1) is 11.7. The summed E-state index contributed by atoms with van der Waals surface area (Å²) in [5.74, 6) is 0.323. The van der Waals surface area contributed by atoms with Gasteiger partial charge in [0.1, 0.15) is 6.10 Å². The molecule has 18 heavy (non-hydrogen) atoms. The van der Waals surface area contributed by atoms with E-state index in [-0.39, 0.29) is 12.2 Å². The number of alkyl halides is 1. The molecular weight excluding hydrogens is 272 g/mol. The third-order valence-electron chi connectivity index (χ3n) is 2.82. The van der Waals surface area contributed by atoms with Crippen LogP contribution in [0.25, 0.3) is 0 Å². The highest BCUT2D eigenvalue weighted by molar-refractivity contribution is 8.02. The van der Waals surface area contributed by atoms with Crippen LogP contribution < -0.4 is 10.2 Å². The fourth-order valence-electron chi connectivity index (χ4n) is 1.95. The SMILES string of the molecule is O=C1O[C@H](CCl)CN1c1ccc2c(c1)NC=CS2. The number of anilines is 2. The summed E-state index contributed by atoms with van der Waals surface area (Å²) in [4.78, 5) is 14.5. The number of nitrogens with one attached hydrogen (secondary N) is 1. The minimum Gasteiger partial charge on any atom is -0.443 e. The molecule has 0 unspecified atom stereocenters. The lowest BCUT2D eigenvalue weighted by Gasteiger charge is -2.17. The number of halogens is 1. The fraction of sp³-hybridized carbons (Fsp3) is 0.250. The van der Waals surface area contributed by atoms with Crippen molar-refractivity contribution in [2.45, 2.75) is 11.0 Å². The van der Waals surface area contributed by atoms with Gasteiger partial charge in [-0.1, -0.05) is 11.8 Å². The van der Waals surface area contributed by atoms with Crippen LogP contribution in [0.3, 0.4) is 0 Å². The fourth-order valence-corrected chi connectivity index (χ4v) is 2.78. The van der Waals surface area contributed by atoms with E-state index in [0.29, 0.717) is 12.4 Å². The number of rotatable bonds is 2. The van der Waals surface area contributed by atoms with Gasteiger partial charge in [-0.15, -0.1) is 11.6 Å². The number of ether oxygens (including phenoxy) is 1. The van der Waals surface area contributed by atoms with Crippen molar-refractivity contribution in [3.8, 4) is 0 Å². The molecule has 0 aromatic heterocycles. The summed E-state index contributed by atoms with van der Waals surface area (Å²) >= 11 is 7.36. The van der Waals surface area contributed by atoms with E-state index >= 15 is 0 Å². The third-order valence-corrected chi connectivity index (χ3v) is 4.05. The number of benzene rings is 1. The second-order valence-electron chi connectivity index (χ2n) is 4.02. The summed E-state index contributed by atoms with van der Waals surface area (Å²) in [5.41, 5.74) is 1.83.